The van der Waals surface area contributed by atoms with Crippen molar-refractivity contribution in [2.75, 3.05) is 27.1 Å². The Hall–Kier alpha value is -1.99. The molecule has 0 saturated carbocycles. The van der Waals surface area contributed by atoms with E-state index >= 15 is 0 Å². The van der Waals surface area contributed by atoms with Gasteiger partial charge in [0.2, 0.25) is 6.79 Å². The number of amides is 1. The van der Waals surface area contributed by atoms with Gasteiger partial charge in [0.05, 0.1) is 13.2 Å². The summed E-state index contributed by atoms with van der Waals surface area (Å²) >= 11 is 0. The molecule has 1 heterocycles. The van der Waals surface area contributed by atoms with Gasteiger partial charge in [0, 0.05) is 24.8 Å². The van der Waals surface area contributed by atoms with Gasteiger partial charge in [-0.2, -0.15) is 0 Å². The van der Waals surface area contributed by atoms with E-state index in [0.717, 1.165) is 0 Å². The van der Waals surface area contributed by atoms with Crippen LogP contribution < -0.4 is 19.5 Å². The zero-order valence-electron chi connectivity index (χ0n) is 12.0. The van der Waals surface area contributed by atoms with E-state index in [1.165, 1.54) is 0 Å². The molecular weight excluding hydrogens is 278 g/mol. The third kappa shape index (κ3) is 3.99. The predicted octanol–water partition coefficient (Wildman–Crippen LogP) is 0.437. The molecule has 0 saturated heterocycles. The van der Waals surface area contributed by atoms with Crippen molar-refractivity contribution >= 4 is 5.91 Å². The summed E-state index contributed by atoms with van der Waals surface area (Å²) in [6.45, 7) is 2.03. The Bertz CT molecular complexity index is 504. The molecule has 0 spiro atoms. The molecule has 1 amide bonds. The number of carbonyl (C=O) groups is 1. The van der Waals surface area contributed by atoms with Crippen LogP contribution in [-0.4, -0.2) is 44.2 Å². The van der Waals surface area contributed by atoms with E-state index < -0.39 is 0 Å². The van der Waals surface area contributed by atoms with Gasteiger partial charge >= 0.3 is 0 Å². The Morgan fingerprint density at radius 3 is 2.81 bits per heavy atom. The topological polar surface area (TPSA) is 86.3 Å². The monoisotopic (exact) mass is 297 g/mol. The number of methoxy groups -OCH3 is 1. The highest BCUT2D eigenvalue weighted by molar-refractivity contribution is 5.77. The van der Waals surface area contributed by atoms with Crippen LogP contribution in [0.15, 0.2) is 12.1 Å². The van der Waals surface area contributed by atoms with Gasteiger partial charge in [0.1, 0.15) is 5.75 Å². The lowest BCUT2D eigenvalue weighted by Gasteiger charge is -2.14. The van der Waals surface area contributed by atoms with Gasteiger partial charge < -0.3 is 29.4 Å². The first-order chi connectivity index (χ1) is 10.1. The second kappa shape index (κ2) is 7.14. The van der Waals surface area contributed by atoms with Gasteiger partial charge in [-0.15, -0.1) is 0 Å². The highest BCUT2D eigenvalue weighted by atomic mass is 16.7. The first-order valence-electron chi connectivity index (χ1n) is 6.58. The minimum Gasteiger partial charge on any atom is -0.483 e. The van der Waals surface area contributed by atoms with Crippen molar-refractivity contribution in [3.63, 3.8) is 0 Å². The van der Waals surface area contributed by atoms with E-state index in [9.17, 15) is 9.90 Å². The van der Waals surface area contributed by atoms with E-state index in [-0.39, 0.29) is 32.0 Å². The normalized spacial score (nSPS) is 13.9. The molecule has 116 valence electrons. The minimum atomic E-state index is -0.263. The lowest BCUT2D eigenvalue weighted by atomic mass is 10.2. The fraction of sp³-hybridized carbons (Fsp3) is 0.500. The summed E-state index contributed by atoms with van der Waals surface area (Å²) in [6.07, 6.45) is 0. The molecule has 1 aliphatic heterocycles. The van der Waals surface area contributed by atoms with Crippen LogP contribution in [0.3, 0.4) is 0 Å². The summed E-state index contributed by atoms with van der Waals surface area (Å²) < 4.78 is 20.8. The summed E-state index contributed by atoms with van der Waals surface area (Å²) in [6, 6.07) is 3.16. The van der Waals surface area contributed by atoms with E-state index in [1.807, 2.05) is 6.92 Å². The number of hydrogen-bond acceptors (Lipinski definition) is 6. The van der Waals surface area contributed by atoms with Crippen molar-refractivity contribution in [3.05, 3.63) is 17.7 Å². The number of ether oxygens (including phenoxy) is 4. The van der Waals surface area contributed by atoms with Gasteiger partial charge in [0.25, 0.3) is 5.91 Å². The zero-order chi connectivity index (χ0) is 15.2. The summed E-state index contributed by atoms with van der Waals surface area (Å²) in [5, 5.41) is 12.1. The molecule has 1 aromatic carbocycles. The molecule has 0 radical (unpaired) electrons. The minimum absolute atomic E-state index is 0.0971. The Labute approximate surface area is 122 Å². The first kappa shape index (κ1) is 15.4. The van der Waals surface area contributed by atoms with E-state index in [2.05, 4.69) is 5.32 Å². The molecule has 0 bridgehead atoms. The molecule has 1 unspecified atom stereocenters. The number of rotatable bonds is 7. The number of benzene rings is 1. The van der Waals surface area contributed by atoms with Gasteiger partial charge in [-0.05, 0) is 13.0 Å². The van der Waals surface area contributed by atoms with E-state index in [4.69, 9.17) is 18.9 Å². The zero-order valence-corrected chi connectivity index (χ0v) is 12.0. The van der Waals surface area contributed by atoms with E-state index in [0.29, 0.717) is 29.4 Å². The molecule has 0 aliphatic carbocycles. The van der Waals surface area contributed by atoms with Crippen LogP contribution in [-0.2, 0) is 16.1 Å². The molecule has 7 nitrogen and oxygen atoms in total. The SMILES string of the molecule is COCC(C)NC(=O)COc1cc2c(cc1CO)OCO2. The fourth-order valence-corrected chi connectivity index (χ4v) is 1.97. The van der Waals surface area contributed by atoms with E-state index in [1.54, 1.807) is 19.2 Å². The molecule has 2 rings (SSSR count). The molecule has 1 atom stereocenters. The molecule has 0 fully saturated rings. The summed E-state index contributed by atoms with van der Waals surface area (Å²) in [5.41, 5.74) is 0.539. The molecule has 0 aromatic heterocycles. The number of aliphatic hydroxyl groups excluding tert-OH is 1. The van der Waals surface area contributed by atoms with Crippen molar-refractivity contribution < 1.29 is 28.8 Å². The van der Waals surface area contributed by atoms with Gasteiger partial charge in [-0.1, -0.05) is 0 Å². The Morgan fingerprint density at radius 2 is 2.14 bits per heavy atom. The maximum absolute atomic E-state index is 11.7. The summed E-state index contributed by atoms with van der Waals surface area (Å²) in [4.78, 5) is 11.7. The number of fused-ring (bicyclic) bond motifs is 1. The standard InChI is InChI=1S/C14H19NO6/c1-9(6-18-2)15-14(17)7-19-11-4-13-12(20-8-21-13)3-10(11)5-16/h3-4,9,16H,5-8H2,1-2H3,(H,15,17). The van der Waals surface area contributed by atoms with Crippen LogP contribution in [0.1, 0.15) is 12.5 Å². The second-order valence-electron chi connectivity index (χ2n) is 4.68. The molecule has 2 N–H and O–H groups in total. The van der Waals surface area contributed by atoms with Crippen LogP contribution >= 0.6 is 0 Å². The van der Waals surface area contributed by atoms with Gasteiger partial charge in [0.15, 0.2) is 18.1 Å². The number of carbonyl (C=O) groups excluding carboxylic acids is 1. The lowest BCUT2D eigenvalue weighted by molar-refractivity contribution is -0.124. The predicted molar refractivity (Wildman–Crippen MR) is 73.5 cm³/mol. The van der Waals surface area contributed by atoms with Crippen molar-refractivity contribution in [1.29, 1.82) is 0 Å². The largest absolute Gasteiger partial charge is 0.483 e. The highest BCUT2D eigenvalue weighted by Crippen LogP contribution is 2.38. The van der Waals surface area contributed by atoms with Crippen LogP contribution in [0.4, 0.5) is 0 Å². The Kier molecular flexibility index (Phi) is 5.24. The van der Waals surface area contributed by atoms with Crippen LogP contribution in [0.2, 0.25) is 0 Å². The van der Waals surface area contributed by atoms with Crippen LogP contribution in [0, 0.1) is 0 Å². The molecule has 7 heteroatoms. The van der Waals surface area contributed by atoms with Crippen molar-refractivity contribution in [1.82, 2.24) is 5.32 Å². The van der Waals surface area contributed by atoms with Crippen LogP contribution in [0.5, 0.6) is 17.2 Å². The molecule has 1 aliphatic rings. The van der Waals surface area contributed by atoms with Gasteiger partial charge in [-0.3, -0.25) is 4.79 Å². The smallest absolute Gasteiger partial charge is 0.258 e. The van der Waals surface area contributed by atoms with Crippen molar-refractivity contribution in [3.8, 4) is 17.2 Å². The summed E-state index contributed by atoms with van der Waals surface area (Å²) in [5.74, 6) is 1.23. The maximum Gasteiger partial charge on any atom is 0.258 e. The quantitative estimate of drug-likeness (QED) is 0.759. The summed E-state index contributed by atoms with van der Waals surface area (Å²) in [7, 11) is 1.57. The Morgan fingerprint density at radius 1 is 1.43 bits per heavy atom. The van der Waals surface area contributed by atoms with Gasteiger partial charge in [-0.25, -0.2) is 0 Å². The lowest BCUT2D eigenvalue weighted by Crippen LogP contribution is -2.38. The fourth-order valence-electron chi connectivity index (χ4n) is 1.97. The maximum atomic E-state index is 11.7. The number of aliphatic hydroxyl groups is 1. The number of nitrogens with one attached hydrogen (secondary N) is 1. The van der Waals surface area contributed by atoms with Crippen molar-refractivity contribution in [2.24, 2.45) is 0 Å². The molecular formula is C14H19NO6. The first-order valence-corrected chi connectivity index (χ1v) is 6.58. The highest BCUT2D eigenvalue weighted by Gasteiger charge is 2.18. The Balaban J connectivity index is 1.95. The average Bonchev–Trinajstić information content (AvgIpc) is 2.91. The van der Waals surface area contributed by atoms with Crippen LogP contribution in [0.25, 0.3) is 0 Å². The third-order valence-corrected chi connectivity index (χ3v) is 2.91. The van der Waals surface area contributed by atoms with Crippen molar-refractivity contribution in [2.45, 2.75) is 19.6 Å². The number of hydrogen-bond donors (Lipinski definition) is 2. The third-order valence-electron chi connectivity index (χ3n) is 2.91. The average molecular weight is 297 g/mol. The molecule has 1 aromatic rings. The molecule has 21 heavy (non-hydrogen) atoms. The second-order valence-corrected chi connectivity index (χ2v) is 4.68.